The molecule has 2 rings (SSSR count). The zero-order valence-corrected chi connectivity index (χ0v) is 13.4. The fourth-order valence-electron chi connectivity index (χ4n) is 2.71. The van der Waals surface area contributed by atoms with Crippen molar-refractivity contribution in [2.75, 3.05) is 0 Å². The molecule has 1 N–H and O–H groups in total. The van der Waals surface area contributed by atoms with Crippen LogP contribution in [0.4, 0.5) is 0 Å². The Kier molecular flexibility index (Phi) is 5.74. The minimum Gasteiger partial charge on any atom is -0.301 e. The van der Waals surface area contributed by atoms with Crippen LogP contribution < -0.4 is 5.32 Å². The molecule has 0 bridgehead atoms. The fraction of sp³-hybridized carbons (Fsp3) is 0.471. The molecule has 0 saturated heterocycles. The van der Waals surface area contributed by atoms with E-state index in [-0.39, 0.29) is 0 Å². The van der Waals surface area contributed by atoms with Gasteiger partial charge in [0.15, 0.2) is 0 Å². The van der Waals surface area contributed by atoms with Gasteiger partial charge in [-0.15, -0.1) is 11.3 Å². The molecular weight excluding hydrogens is 264 g/mol. The number of benzene rings is 1. The second-order valence-electron chi connectivity index (χ2n) is 5.22. The number of rotatable bonds is 7. The van der Waals surface area contributed by atoms with Crippen LogP contribution in [0.2, 0.25) is 0 Å². The maximum absolute atomic E-state index is 4.43. The Morgan fingerprint density at radius 1 is 1.15 bits per heavy atom. The Labute approximate surface area is 126 Å². The molecule has 2 unspecified atom stereocenters. The molecule has 2 aromatic rings. The first-order valence-corrected chi connectivity index (χ1v) is 8.34. The Hall–Kier alpha value is -1.19. The molecule has 0 aliphatic carbocycles. The highest BCUT2D eigenvalue weighted by molar-refractivity contribution is 7.09. The molecule has 0 spiro atoms. The number of aromatic nitrogens is 1. The van der Waals surface area contributed by atoms with E-state index in [0.717, 1.165) is 5.01 Å². The number of hydrogen-bond donors (Lipinski definition) is 1. The van der Waals surface area contributed by atoms with Gasteiger partial charge in [-0.2, -0.15) is 0 Å². The quantitative estimate of drug-likeness (QED) is 0.778. The second kappa shape index (κ2) is 7.55. The SMILES string of the molecule is CCC(CC)C(NC(C)c1nccs1)c1ccccc1. The molecule has 0 radical (unpaired) electrons. The van der Waals surface area contributed by atoms with E-state index in [1.165, 1.54) is 18.4 Å². The minimum atomic E-state index is 0.292. The van der Waals surface area contributed by atoms with Crippen LogP contribution >= 0.6 is 11.3 Å². The van der Waals surface area contributed by atoms with Crippen LogP contribution in [0.1, 0.15) is 56.3 Å². The molecule has 1 heterocycles. The first-order chi connectivity index (χ1) is 9.76. The van der Waals surface area contributed by atoms with Crippen molar-refractivity contribution >= 4 is 11.3 Å². The number of nitrogens with one attached hydrogen (secondary N) is 1. The summed E-state index contributed by atoms with van der Waals surface area (Å²) in [4.78, 5) is 4.43. The lowest BCUT2D eigenvalue weighted by Gasteiger charge is -2.29. The maximum Gasteiger partial charge on any atom is 0.109 e. The monoisotopic (exact) mass is 288 g/mol. The van der Waals surface area contributed by atoms with Gasteiger partial charge in [0.25, 0.3) is 0 Å². The van der Waals surface area contributed by atoms with Crippen molar-refractivity contribution in [1.82, 2.24) is 10.3 Å². The Balaban J connectivity index is 2.18. The van der Waals surface area contributed by atoms with E-state index in [2.05, 4.69) is 61.4 Å². The van der Waals surface area contributed by atoms with Crippen molar-refractivity contribution < 1.29 is 0 Å². The van der Waals surface area contributed by atoms with Crippen LogP contribution in [0.3, 0.4) is 0 Å². The van der Waals surface area contributed by atoms with Gasteiger partial charge in [0.2, 0.25) is 0 Å². The van der Waals surface area contributed by atoms with Gasteiger partial charge < -0.3 is 5.32 Å². The fourth-order valence-corrected chi connectivity index (χ4v) is 3.37. The van der Waals surface area contributed by atoms with Crippen molar-refractivity contribution in [2.24, 2.45) is 5.92 Å². The topological polar surface area (TPSA) is 24.9 Å². The Morgan fingerprint density at radius 2 is 1.85 bits per heavy atom. The van der Waals surface area contributed by atoms with Gasteiger partial charge in [-0.3, -0.25) is 0 Å². The Morgan fingerprint density at radius 3 is 2.40 bits per heavy atom. The number of thiazole rings is 1. The third-order valence-electron chi connectivity index (χ3n) is 3.93. The first kappa shape index (κ1) is 15.2. The summed E-state index contributed by atoms with van der Waals surface area (Å²) in [5.74, 6) is 0.653. The molecule has 0 aliphatic rings. The van der Waals surface area contributed by atoms with Crippen molar-refractivity contribution in [2.45, 2.75) is 45.7 Å². The molecular formula is C17H24N2S. The zero-order valence-electron chi connectivity index (χ0n) is 12.5. The van der Waals surface area contributed by atoms with E-state index < -0.39 is 0 Å². The van der Waals surface area contributed by atoms with E-state index in [4.69, 9.17) is 0 Å². The highest BCUT2D eigenvalue weighted by Crippen LogP contribution is 2.30. The van der Waals surface area contributed by atoms with Gasteiger partial charge in [-0.25, -0.2) is 4.98 Å². The molecule has 2 nitrogen and oxygen atoms in total. The zero-order chi connectivity index (χ0) is 14.4. The van der Waals surface area contributed by atoms with Crippen molar-refractivity contribution in [3.05, 3.63) is 52.5 Å². The average Bonchev–Trinajstić information content (AvgIpc) is 3.02. The predicted octanol–water partition coefficient (Wildman–Crippen LogP) is 4.97. The molecule has 20 heavy (non-hydrogen) atoms. The summed E-state index contributed by atoms with van der Waals surface area (Å²) in [6, 6.07) is 11.5. The Bertz CT molecular complexity index is 477. The standard InChI is InChI=1S/C17H24N2S/c1-4-14(5-2)16(15-9-7-6-8-10-15)19-13(3)17-18-11-12-20-17/h6-14,16,19H,4-5H2,1-3H3. The smallest absolute Gasteiger partial charge is 0.109 e. The van der Waals surface area contributed by atoms with Crippen LogP contribution in [0.15, 0.2) is 41.9 Å². The number of nitrogens with zero attached hydrogens (tertiary/aromatic N) is 1. The minimum absolute atomic E-state index is 0.292. The average molecular weight is 288 g/mol. The maximum atomic E-state index is 4.43. The third-order valence-corrected chi connectivity index (χ3v) is 4.89. The van der Waals surface area contributed by atoms with Gasteiger partial charge in [-0.05, 0) is 18.4 Å². The van der Waals surface area contributed by atoms with Gasteiger partial charge in [0, 0.05) is 17.6 Å². The lowest BCUT2D eigenvalue weighted by molar-refractivity contribution is 0.316. The summed E-state index contributed by atoms with van der Waals surface area (Å²) in [6.07, 6.45) is 4.26. The van der Waals surface area contributed by atoms with Crippen LogP contribution in [-0.4, -0.2) is 4.98 Å². The van der Waals surface area contributed by atoms with E-state index in [1.807, 2.05) is 11.6 Å². The van der Waals surface area contributed by atoms with Crippen LogP contribution in [0.25, 0.3) is 0 Å². The summed E-state index contributed by atoms with van der Waals surface area (Å²) in [5, 5.41) is 6.99. The molecule has 108 valence electrons. The molecule has 1 aromatic carbocycles. The summed E-state index contributed by atoms with van der Waals surface area (Å²) in [7, 11) is 0. The largest absolute Gasteiger partial charge is 0.301 e. The molecule has 0 aliphatic heterocycles. The van der Waals surface area contributed by atoms with Crippen LogP contribution in [-0.2, 0) is 0 Å². The molecule has 0 saturated carbocycles. The van der Waals surface area contributed by atoms with Crippen LogP contribution in [0.5, 0.6) is 0 Å². The van der Waals surface area contributed by atoms with Gasteiger partial charge in [0.05, 0.1) is 6.04 Å². The first-order valence-electron chi connectivity index (χ1n) is 7.46. The second-order valence-corrected chi connectivity index (χ2v) is 6.15. The van der Waals surface area contributed by atoms with Gasteiger partial charge in [0.1, 0.15) is 5.01 Å². The molecule has 2 atom stereocenters. The predicted molar refractivity (Wildman–Crippen MR) is 86.9 cm³/mol. The van der Waals surface area contributed by atoms with Crippen molar-refractivity contribution in [3.63, 3.8) is 0 Å². The highest BCUT2D eigenvalue weighted by Gasteiger charge is 2.23. The van der Waals surface area contributed by atoms with Crippen molar-refractivity contribution in [1.29, 1.82) is 0 Å². The lowest BCUT2D eigenvalue weighted by atomic mass is 9.88. The van der Waals surface area contributed by atoms with E-state index >= 15 is 0 Å². The third kappa shape index (κ3) is 3.68. The van der Waals surface area contributed by atoms with E-state index in [9.17, 15) is 0 Å². The molecule has 1 aromatic heterocycles. The van der Waals surface area contributed by atoms with E-state index in [0.29, 0.717) is 18.0 Å². The number of hydrogen-bond acceptors (Lipinski definition) is 3. The van der Waals surface area contributed by atoms with Gasteiger partial charge >= 0.3 is 0 Å². The van der Waals surface area contributed by atoms with E-state index in [1.54, 1.807) is 11.3 Å². The summed E-state index contributed by atoms with van der Waals surface area (Å²) in [5.41, 5.74) is 1.38. The molecule has 3 heteroatoms. The summed E-state index contributed by atoms with van der Waals surface area (Å²) >= 11 is 1.72. The summed E-state index contributed by atoms with van der Waals surface area (Å²) in [6.45, 7) is 6.76. The highest BCUT2D eigenvalue weighted by atomic mass is 32.1. The van der Waals surface area contributed by atoms with Crippen LogP contribution in [0, 0.1) is 5.92 Å². The van der Waals surface area contributed by atoms with Crippen molar-refractivity contribution in [3.8, 4) is 0 Å². The summed E-state index contributed by atoms with van der Waals surface area (Å²) < 4.78 is 0. The normalized spacial score (nSPS) is 14.4. The lowest BCUT2D eigenvalue weighted by Crippen LogP contribution is -2.30. The van der Waals surface area contributed by atoms with Gasteiger partial charge in [-0.1, -0.05) is 57.0 Å². The molecule has 0 amide bonds. The molecule has 0 fully saturated rings.